The quantitative estimate of drug-likeness (QED) is 0.581. The number of rotatable bonds is 4. The molecule has 0 N–H and O–H groups in total. The predicted octanol–water partition coefficient (Wildman–Crippen LogP) is 4.67. The molecule has 0 aliphatic carbocycles. The maximum absolute atomic E-state index is 12.8. The molecule has 0 aliphatic rings. The van der Waals surface area contributed by atoms with Crippen LogP contribution >= 0.6 is 0 Å². The number of carbonyl (C=O) groups is 1. The van der Waals surface area contributed by atoms with Crippen molar-refractivity contribution in [2.24, 2.45) is 5.92 Å². The van der Waals surface area contributed by atoms with Crippen LogP contribution in [-0.4, -0.2) is 13.0 Å². The van der Waals surface area contributed by atoms with Gasteiger partial charge in [0, 0.05) is 0 Å². The smallest absolute Gasteiger partial charge is 0.312 e. The largest absolute Gasteiger partial charge is 0.416 e. The first-order valence-corrected chi connectivity index (χ1v) is 6.47. The Balaban J connectivity index is 3.48. The van der Waals surface area contributed by atoms with Crippen LogP contribution in [0.4, 0.5) is 26.3 Å². The molecule has 0 fully saturated rings. The Hall–Kier alpha value is -1.47. The summed E-state index contributed by atoms with van der Waals surface area (Å²) in [4.78, 5) is 11.2. The Kier molecular flexibility index (Phi) is 5.36. The molecule has 0 aromatic heterocycles. The molecule has 0 spiro atoms. The molecule has 0 saturated carbocycles. The van der Waals surface area contributed by atoms with E-state index in [9.17, 15) is 31.1 Å². The van der Waals surface area contributed by atoms with Gasteiger partial charge >= 0.3 is 12.4 Å². The number of hydrogen-bond donors (Lipinski definition) is 0. The van der Waals surface area contributed by atoms with Crippen molar-refractivity contribution in [3.05, 3.63) is 34.9 Å². The van der Waals surface area contributed by atoms with Gasteiger partial charge in [0.1, 0.15) is 0 Å². The first-order valence-electron chi connectivity index (χ1n) is 6.47. The normalized spacial score (nSPS) is 14.1. The standard InChI is InChI=1S/C14H14BF6O/c1-7(2)12(15-8(3)22)9-4-10(13(16,17)18)6-11(5-9)14(19,20)21/h4-7,12H,1-3H3/t12-/m1/s1. The first kappa shape index (κ1) is 18.6. The topological polar surface area (TPSA) is 17.1 Å². The van der Waals surface area contributed by atoms with Gasteiger partial charge in [-0.1, -0.05) is 19.4 Å². The van der Waals surface area contributed by atoms with Gasteiger partial charge in [-0.15, -0.1) is 0 Å². The maximum Gasteiger partial charge on any atom is 0.416 e. The van der Waals surface area contributed by atoms with Crippen molar-refractivity contribution in [1.29, 1.82) is 0 Å². The minimum atomic E-state index is -4.90. The van der Waals surface area contributed by atoms with Crippen LogP contribution in [0.15, 0.2) is 18.2 Å². The van der Waals surface area contributed by atoms with Crippen LogP contribution in [0.5, 0.6) is 0 Å². The van der Waals surface area contributed by atoms with Crippen molar-refractivity contribution in [2.75, 3.05) is 0 Å². The summed E-state index contributed by atoms with van der Waals surface area (Å²) in [6.45, 7) is 4.45. The van der Waals surface area contributed by atoms with Crippen LogP contribution in [0.25, 0.3) is 0 Å². The lowest BCUT2D eigenvalue weighted by molar-refractivity contribution is -0.143. The molecule has 0 unspecified atom stereocenters. The van der Waals surface area contributed by atoms with E-state index in [0.29, 0.717) is 12.1 Å². The van der Waals surface area contributed by atoms with Gasteiger partial charge in [-0.25, -0.2) is 0 Å². The highest BCUT2D eigenvalue weighted by molar-refractivity contribution is 6.74. The highest BCUT2D eigenvalue weighted by atomic mass is 19.4. The van der Waals surface area contributed by atoms with E-state index in [1.165, 1.54) is 6.92 Å². The van der Waals surface area contributed by atoms with Gasteiger partial charge in [0.25, 0.3) is 0 Å². The summed E-state index contributed by atoms with van der Waals surface area (Å²) in [5.74, 6) is -1.14. The van der Waals surface area contributed by atoms with E-state index in [2.05, 4.69) is 0 Å². The van der Waals surface area contributed by atoms with Crippen molar-refractivity contribution < 1.29 is 31.1 Å². The van der Waals surface area contributed by atoms with E-state index < -0.39 is 35.0 Å². The average Bonchev–Trinajstić information content (AvgIpc) is 2.32. The second-order valence-electron chi connectivity index (χ2n) is 5.39. The monoisotopic (exact) mass is 323 g/mol. The average molecular weight is 323 g/mol. The SMILES string of the molecule is CC(=O)[B][C@@H](c1cc(C(F)(F)F)cc(C(F)(F)F)c1)C(C)C. The van der Waals surface area contributed by atoms with Crippen LogP contribution < -0.4 is 0 Å². The molecule has 0 saturated heterocycles. The Bertz CT molecular complexity index is 515. The van der Waals surface area contributed by atoms with E-state index in [4.69, 9.17) is 0 Å². The summed E-state index contributed by atoms with van der Waals surface area (Å²) in [6.07, 6.45) is -9.79. The Labute approximate surface area is 124 Å². The van der Waals surface area contributed by atoms with Crippen LogP contribution in [-0.2, 0) is 17.1 Å². The summed E-state index contributed by atoms with van der Waals surface area (Å²) >= 11 is 0. The molecule has 0 bridgehead atoms. The zero-order chi connectivity index (χ0) is 17.3. The van der Waals surface area contributed by atoms with Gasteiger partial charge in [-0.05, 0) is 36.9 Å². The number of hydrogen-bond acceptors (Lipinski definition) is 1. The Morgan fingerprint density at radius 1 is 0.955 bits per heavy atom. The summed E-state index contributed by atoms with van der Waals surface area (Å²) in [5, 5.41) is 0. The van der Waals surface area contributed by atoms with Gasteiger partial charge in [-0.3, -0.25) is 0 Å². The fourth-order valence-corrected chi connectivity index (χ4v) is 2.10. The second-order valence-corrected chi connectivity index (χ2v) is 5.39. The number of halogens is 6. The van der Waals surface area contributed by atoms with Gasteiger partial charge in [-0.2, -0.15) is 26.3 Å². The zero-order valence-corrected chi connectivity index (χ0v) is 12.1. The lowest BCUT2D eigenvalue weighted by Crippen LogP contribution is -2.22. The molecule has 0 amide bonds. The third-order valence-electron chi connectivity index (χ3n) is 3.13. The van der Waals surface area contributed by atoms with Crippen molar-refractivity contribution >= 4 is 13.0 Å². The molecule has 22 heavy (non-hydrogen) atoms. The molecule has 0 aliphatic heterocycles. The molecule has 1 atom stereocenters. The fourth-order valence-electron chi connectivity index (χ4n) is 2.10. The molecule has 1 nitrogen and oxygen atoms in total. The number of carbonyl (C=O) groups excluding carboxylic acids is 1. The Morgan fingerprint density at radius 2 is 1.36 bits per heavy atom. The van der Waals surface area contributed by atoms with E-state index in [1.807, 2.05) is 0 Å². The zero-order valence-electron chi connectivity index (χ0n) is 12.1. The number of alkyl halides is 6. The van der Waals surface area contributed by atoms with E-state index >= 15 is 0 Å². The van der Waals surface area contributed by atoms with Crippen molar-refractivity contribution in [3.63, 3.8) is 0 Å². The molecule has 0 heterocycles. The molecular formula is C14H14BF6O. The lowest BCUT2D eigenvalue weighted by atomic mass is 9.55. The van der Waals surface area contributed by atoms with Crippen LogP contribution in [0.3, 0.4) is 0 Å². The van der Waals surface area contributed by atoms with Crippen molar-refractivity contribution in [3.8, 4) is 0 Å². The number of benzene rings is 1. The lowest BCUT2D eigenvalue weighted by Gasteiger charge is -2.22. The fraction of sp³-hybridized carbons (Fsp3) is 0.500. The highest BCUT2D eigenvalue weighted by Crippen LogP contribution is 2.38. The summed E-state index contributed by atoms with van der Waals surface area (Å²) in [6, 6.07) is 1.41. The van der Waals surface area contributed by atoms with Crippen molar-refractivity contribution in [2.45, 2.75) is 38.9 Å². The molecule has 121 valence electrons. The summed E-state index contributed by atoms with van der Waals surface area (Å²) < 4.78 is 76.9. The van der Waals surface area contributed by atoms with Crippen LogP contribution in [0.1, 0.15) is 43.3 Å². The minimum Gasteiger partial charge on any atom is -0.312 e. The molecule has 8 heteroatoms. The van der Waals surface area contributed by atoms with E-state index in [0.717, 1.165) is 7.28 Å². The highest BCUT2D eigenvalue weighted by Gasteiger charge is 2.37. The minimum absolute atomic E-state index is 0.0780. The third kappa shape index (κ3) is 4.78. The molecule has 1 aromatic rings. The van der Waals surface area contributed by atoms with E-state index in [1.54, 1.807) is 13.8 Å². The van der Waals surface area contributed by atoms with Crippen LogP contribution in [0, 0.1) is 5.92 Å². The molecular weight excluding hydrogens is 309 g/mol. The summed E-state index contributed by atoms with van der Waals surface area (Å²) in [5.41, 5.74) is -3.34. The summed E-state index contributed by atoms with van der Waals surface area (Å²) in [7, 11) is 1.14. The predicted molar refractivity (Wildman–Crippen MR) is 70.5 cm³/mol. The third-order valence-corrected chi connectivity index (χ3v) is 3.13. The van der Waals surface area contributed by atoms with Gasteiger partial charge in [0.15, 0.2) is 0 Å². The second kappa shape index (κ2) is 6.34. The maximum atomic E-state index is 12.8. The van der Waals surface area contributed by atoms with Gasteiger partial charge in [0.2, 0.25) is 7.28 Å². The molecule has 1 radical (unpaired) electrons. The van der Waals surface area contributed by atoms with Crippen LogP contribution in [0.2, 0.25) is 0 Å². The molecule has 1 aromatic carbocycles. The first-order chi connectivity index (χ1) is 9.82. The van der Waals surface area contributed by atoms with Gasteiger partial charge < -0.3 is 4.79 Å². The Morgan fingerprint density at radius 3 is 1.64 bits per heavy atom. The van der Waals surface area contributed by atoms with Gasteiger partial charge in [0.05, 0.1) is 16.8 Å². The van der Waals surface area contributed by atoms with Crippen molar-refractivity contribution in [1.82, 2.24) is 0 Å². The molecule has 1 rings (SSSR count). The van der Waals surface area contributed by atoms with E-state index in [-0.39, 0.29) is 17.5 Å².